The highest BCUT2D eigenvalue weighted by atomic mass is 35.5. The molecule has 1 nitrogen and oxygen atoms in total. The van der Waals surface area contributed by atoms with Gasteiger partial charge in [-0.1, -0.05) is 33.1 Å². The molecule has 0 amide bonds. The van der Waals surface area contributed by atoms with Gasteiger partial charge in [-0.2, -0.15) is 0 Å². The SMILES string of the molecule is CCCCCC(CC)OCl. The van der Waals surface area contributed by atoms with Gasteiger partial charge in [0.25, 0.3) is 0 Å². The molecular formula is C8H17ClO. The Hall–Kier alpha value is 0.250. The quantitative estimate of drug-likeness (QED) is 0.546. The predicted octanol–water partition coefficient (Wildman–Crippen LogP) is 3.52. The lowest BCUT2D eigenvalue weighted by molar-refractivity contribution is 0.202. The standard InChI is InChI=1S/C8H17ClO/c1-3-5-6-7-8(4-2)10-9/h8H,3-7H2,1-2H3. The first kappa shape index (κ1) is 10.2. The van der Waals surface area contributed by atoms with Crippen LogP contribution in [0.4, 0.5) is 0 Å². The Morgan fingerprint density at radius 3 is 2.40 bits per heavy atom. The van der Waals surface area contributed by atoms with E-state index in [1.807, 2.05) is 0 Å². The van der Waals surface area contributed by atoms with Gasteiger partial charge in [0.05, 0.1) is 18.0 Å². The van der Waals surface area contributed by atoms with Gasteiger partial charge in [0.2, 0.25) is 0 Å². The van der Waals surface area contributed by atoms with Crippen molar-refractivity contribution in [1.82, 2.24) is 0 Å². The molecular weight excluding hydrogens is 148 g/mol. The summed E-state index contributed by atoms with van der Waals surface area (Å²) in [6, 6.07) is 0. The van der Waals surface area contributed by atoms with Crippen molar-refractivity contribution in [3.05, 3.63) is 0 Å². The van der Waals surface area contributed by atoms with Crippen LogP contribution in [0.15, 0.2) is 0 Å². The molecule has 0 aromatic rings. The summed E-state index contributed by atoms with van der Waals surface area (Å²) in [6.45, 7) is 4.29. The lowest BCUT2D eigenvalue weighted by atomic mass is 10.1. The van der Waals surface area contributed by atoms with Gasteiger partial charge in [0.1, 0.15) is 0 Å². The van der Waals surface area contributed by atoms with E-state index in [9.17, 15) is 0 Å². The fourth-order valence-corrected chi connectivity index (χ4v) is 1.15. The van der Waals surface area contributed by atoms with Crippen LogP contribution in [0.2, 0.25) is 0 Å². The molecule has 0 N–H and O–H groups in total. The molecule has 0 aromatic heterocycles. The molecule has 1 unspecified atom stereocenters. The first-order valence-corrected chi connectivity index (χ1v) is 4.43. The van der Waals surface area contributed by atoms with E-state index in [-0.39, 0.29) is 6.10 Å². The number of hydrogen-bond acceptors (Lipinski definition) is 1. The van der Waals surface area contributed by atoms with Gasteiger partial charge in [-0.25, -0.2) is 0 Å². The second-order valence-electron chi connectivity index (χ2n) is 2.62. The lowest BCUT2D eigenvalue weighted by Gasteiger charge is -2.08. The summed E-state index contributed by atoms with van der Waals surface area (Å²) in [6.07, 6.45) is 6.19. The largest absolute Gasteiger partial charge is 0.276 e. The molecule has 0 aliphatic carbocycles. The first-order chi connectivity index (χ1) is 4.85. The van der Waals surface area contributed by atoms with Crippen molar-refractivity contribution in [3.8, 4) is 0 Å². The van der Waals surface area contributed by atoms with Crippen molar-refractivity contribution < 1.29 is 4.29 Å². The van der Waals surface area contributed by atoms with Crippen LogP contribution in [0, 0.1) is 0 Å². The van der Waals surface area contributed by atoms with E-state index in [4.69, 9.17) is 16.2 Å². The predicted molar refractivity (Wildman–Crippen MR) is 45.2 cm³/mol. The van der Waals surface area contributed by atoms with Crippen LogP contribution in [0.3, 0.4) is 0 Å². The van der Waals surface area contributed by atoms with E-state index in [1.54, 1.807) is 0 Å². The summed E-state index contributed by atoms with van der Waals surface area (Å²) in [4.78, 5) is 0. The zero-order valence-electron chi connectivity index (χ0n) is 6.90. The Kier molecular flexibility index (Phi) is 7.54. The molecule has 0 rings (SSSR count). The first-order valence-electron chi connectivity index (χ1n) is 4.12. The molecule has 0 fully saturated rings. The Balaban J connectivity index is 3.09. The maximum absolute atomic E-state index is 5.25. The van der Waals surface area contributed by atoms with Crippen molar-refractivity contribution >= 4 is 11.9 Å². The van der Waals surface area contributed by atoms with E-state index in [2.05, 4.69) is 13.8 Å². The highest BCUT2D eigenvalue weighted by Gasteiger charge is 2.03. The Bertz CT molecular complexity index is 62.3. The van der Waals surface area contributed by atoms with Gasteiger partial charge in [-0.15, -0.1) is 0 Å². The van der Waals surface area contributed by atoms with Crippen molar-refractivity contribution in [2.75, 3.05) is 0 Å². The second kappa shape index (κ2) is 7.36. The third-order valence-electron chi connectivity index (χ3n) is 1.71. The second-order valence-corrected chi connectivity index (χ2v) is 2.79. The monoisotopic (exact) mass is 164 g/mol. The molecule has 0 spiro atoms. The molecule has 1 atom stereocenters. The average Bonchev–Trinajstić information content (AvgIpc) is 1.99. The zero-order valence-corrected chi connectivity index (χ0v) is 7.66. The topological polar surface area (TPSA) is 9.23 Å². The van der Waals surface area contributed by atoms with Gasteiger partial charge < -0.3 is 0 Å². The van der Waals surface area contributed by atoms with Crippen molar-refractivity contribution in [3.63, 3.8) is 0 Å². The maximum atomic E-state index is 5.25. The summed E-state index contributed by atoms with van der Waals surface area (Å²) in [5.41, 5.74) is 0. The Morgan fingerprint density at radius 1 is 1.30 bits per heavy atom. The molecule has 0 aliphatic heterocycles. The Labute approximate surface area is 68.9 Å². The van der Waals surface area contributed by atoms with Crippen molar-refractivity contribution in [1.29, 1.82) is 0 Å². The van der Waals surface area contributed by atoms with E-state index in [1.165, 1.54) is 19.3 Å². The molecule has 0 saturated heterocycles. The van der Waals surface area contributed by atoms with Gasteiger partial charge in [0.15, 0.2) is 0 Å². The fourth-order valence-electron chi connectivity index (χ4n) is 0.934. The summed E-state index contributed by atoms with van der Waals surface area (Å²) < 4.78 is 4.72. The molecule has 0 aromatic carbocycles. The van der Waals surface area contributed by atoms with E-state index >= 15 is 0 Å². The van der Waals surface area contributed by atoms with E-state index < -0.39 is 0 Å². The molecule has 0 aliphatic rings. The third kappa shape index (κ3) is 5.07. The minimum absolute atomic E-state index is 0.271. The van der Waals surface area contributed by atoms with Crippen LogP contribution in [0.25, 0.3) is 0 Å². The van der Waals surface area contributed by atoms with Crippen molar-refractivity contribution in [2.24, 2.45) is 0 Å². The maximum Gasteiger partial charge on any atom is 0.0788 e. The molecule has 62 valence electrons. The molecule has 0 radical (unpaired) electrons. The van der Waals surface area contributed by atoms with Crippen LogP contribution >= 0.6 is 11.9 Å². The average molecular weight is 165 g/mol. The highest BCUT2D eigenvalue weighted by Crippen LogP contribution is 2.10. The highest BCUT2D eigenvalue weighted by molar-refractivity contribution is 6.07. The van der Waals surface area contributed by atoms with Gasteiger partial charge in [0, 0.05) is 0 Å². The van der Waals surface area contributed by atoms with Crippen LogP contribution in [-0.4, -0.2) is 6.10 Å². The van der Waals surface area contributed by atoms with E-state index in [0.717, 1.165) is 12.8 Å². The molecule has 0 saturated carbocycles. The van der Waals surface area contributed by atoms with E-state index in [0.29, 0.717) is 0 Å². The number of unbranched alkanes of at least 4 members (excludes halogenated alkanes) is 2. The zero-order chi connectivity index (χ0) is 7.82. The minimum Gasteiger partial charge on any atom is -0.276 e. The molecule has 0 bridgehead atoms. The number of rotatable bonds is 6. The number of hydrogen-bond donors (Lipinski definition) is 0. The summed E-state index contributed by atoms with van der Waals surface area (Å²) in [5.74, 6) is 0. The lowest BCUT2D eigenvalue weighted by Crippen LogP contribution is -2.05. The van der Waals surface area contributed by atoms with Gasteiger partial charge in [-0.3, -0.25) is 4.29 Å². The van der Waals surface area contributed by atoms with Crippen LogP contribution in [-0.2, 0) is 4.29 Å². The van der Waals surface area contributed by atoms with Crippen LogP contribution in [0.5, 0.6) is 0 Å². The Morgan fingerprint density at radius 2 is 2.00 bits per heavy atom. The fraction of sp³-hybridized carbons (Fsp3) is 1.00. The molecule has 2 heteroatoms. The van der Waals surface area contributed by atoms with Gasteiger partial charge >= 0.3 is 0 Å². The third-order valence-corrected chi connectivity index (χ3v) is 1.96. The minimum atomic E-state index is 0.271. The normalized spacial score (nSPS) is 13.5. The summed E-state index contributed by atoms with van der Waals surface area (Å²) in [7, 11) is 0. The van der Waals surface area contributed by atoms with Crippen LogP contribution < -0.4 is 0 Å². The van der Waals surface area contributed by atoms with Crippen LogP contribution in [0.1, 0.15) is 46.0 Å². The van der Waals surface area contributed by atoms with Crippen molar-refractivity contribution in [2.45, 2.75) is 52.1 Å². The smallest absolute Gasteiger partial charge is 0.0788 e. The van der Waals surface area contributed by atoms with Gasteiger partial charge in [-0.05, 0) is 12.8 Å². The summed E-state index contributed by atoms with van der Waals surface area (Å²) in [5, 5.41) is 0. The molecule has 10 heavy (non-hydrogen) atoms. The number of halogens is 1. The molecule has 0 heterocycles. The summed E-state index contributed by atoms with van der Waals surface area (Å²) >= 11 is 5.25.